The monoisotopic (exact) mass is 418 g/mol. The van der Waals surface area contributed by atoms with Crippen molar-refractivity contribution >= 4 is 17.8 Å². The largest absolute Gasteiger partial charge is 0.466 e. The third kappa shape index (κ3) is 5.02. The van der Waals surface area contributed by atoms with E-state index in [1.165, 1.54) is 4.90 Å². The van der Waals surface area contributed by atoms with E-state index in [-0.39, 0.29) is 35.8 Å². The lowest BCUT2D eigenvalue weighted by atomic mass is 9.97. The van der Waals surface area contributed by atoms with Crippen LogP contribution in [0, 0.1) is 5.92 Å². The van der Waals surface area contributed by atoms with E-state index in [1.54, 1.807) is 18.9 Å². The second-order valence-electron chi connectivity index (χ2n) is 9.38. The van der Waals surface area contributed by atoms with Gasteiger partial charge in [0.25, 0.3) is 5.91 Å². The van der Waals surface area contributed by atoms with Crippen LogP contribution in [0.2, 0.25) is 0 Å². The standard InChI is InChI=1S/C22H34N4O4/c1-6-30-21(29)16-9-11-25(12-10-16)19(27)14-24(5)20(28)17-13-18(15-7-8-15)26(23-17)22(2,3)4/h13,15-16H,6-12,14H2,1-5H3. The predicted octanol–water partition coefficient (Wildman–Crippen LogP) is 2.39. The molecule has 0 aromatic carbocycles. The summed E-state index contributed by atoms with van der Waals surface area (Å²) in [5.41, 5.74) is 1.29. The summed E-state index contributed by atoms with van der Waals surface area (Å²) >= 11 is 0. The number of nitrogens with zero attached hydrogens (tertiary/aromatic N) is 4. The molecule has 166 valence electrons. The number of carbonyl (C=O) groups is 3. The van der Waals surface area contributed by atoms with Crippen molar-refractivity contribution in [1.82, 2.24) is 19.6 Å². The minimum Gasteiger partial charge on any atom is -0.466 e. The lowest BCUT2D eigenvalue weighted by Crippen LogP contribution is -2.45. The average molecular weight is 419 g/mol. The molecular weight excluding hydrogens is 384 g/mol. The molecule has 0 spiro atoms. The number of amides is 2. The molecule has 1 saturated carbocycles. The van der Waals surface area contributed by atoms with E-state index < -0.39 is 0 Å². The first kappa shape index (κ1) is 22.3. The van der Waals surface area contributed by atoms with E-state index in [9.17, 15) is 14.4 Å². The maximum absolute atomic E-state index is 12.9. The first-order valence-corrected chi connectivity index (χ1v) is 10.9. The van der Waals surface area contributed by atoms with E-state index in [2.05, 4.69) is 25.9 Å². The zero-order valence-corrected chi connectivity index (χ0v) is 18.8. The van der Waals surface area contributed by atoms with Gasteiger partial charge in [-0.25, -0.2) is 0 Å². The molecule has 1 saturated heterocycles. The van der Waals surface area contributed by atoms with Gasteiger partial charge in [-0.15, -0.1) is 0 Å². The molecule has 0 bridgehead atoms. The topological polar surface area (TPSA) is 84.7 Å². The minimum atomic E-state index is -0.241. The van der Waals surface area contributed by atoms with Crippen molar-refractivity contribution in [3.63, 3.8) is 0 Å². The molecule has 30 heavy (non-hydrogen) atoms. The second kappa shape index (κ2) is 8.78. The number of hydrogen-bond donors (Lipinski definition) is 0. The maximum Gasteiger partial charge on any atom is 0.309 e. The van der Waals surface area contributed by atoms with Gasteiger partial charge in [-0.1, -0.05) is 0 Å². The van der Waals surface area contributed by atoms with Crippen molar-refractivity contribution in [2.45, 2.75) is 64.8 Å². The van der Waals surface area contributed by atoms with Crippen LogP contribution >= 0.6 is 0 Å². The SMILES string of the molecule is CCOC(=O)C1CCN(C(=O)CN(C)C(=O)c2cc(C3CC3)n(C(C)(C)C)n2)CC1. The average Bonchev–Trinajstić information content (AvgIpc) is 3.44. The molecule has 2 aliphatic rings. The minimum absolute atomic E-state index is 0.00401. The maximum atomic E-state index is 12.9. The lowest BCUT2D eigenvalue weighted by molar-refractivity contribution is -0.151. The molecule has 1 aliphatic heterocycles. The fraction of sp³-hybridized carbons (Fsp3) is 0.727. The smallest absolute Gasteiger partial charge is 0.309 e. The number of likely N-dealkylation sites (tertiary alicyclic amines) is 1. The summed E-state index contributed by atoms with van der Waals surface area (Å²) in [6.07, 6.45) is 3.46. The van der Waals surface area contributed by atoms with Gasteiger partial charge in [-0.05, 0) is 59.4 Å². The van der Waals surface area contributed by atoms with Crippen LogP contribution in [0.25, 0.3) is 0 Å². The van der Waals surface area contributed by atoms with Crippen molar-refractivity contribution in [1.29, 1.82) is 0 Å². The van der Waals surface area contributed by atoms with Crippen LogP contribution in [0.15, 0.2) is 6.07 Å². The highest BCUT2D eigenvalue weighted by molar-refractivity contribution is 5.95. The van der Waals surface area contributed by atoms with Gasteiger partial charge in [0.15, 0.2) is 5.69 Å². The number of piperidine rings is 1. The quantitative estimate of drug-likeness (QED) is 0.662. The highest BCUT2D eigenvalue weighted by atomic mass is 16.5. The van der Waals surface area contributed by atoms with Crippen molar-refractivity contribution in [2.24, 2.45) is 5.92 Å². The van der Waals surface area contributed by atoms with Crippen LogP contribution in [-0.4, -0.2) is 70.7 Å². The Bertz CT molecular complexity index is 799. The van der Waals surface area contributed by atoms with Gasteiger partial charge in [0.1, 0.15) is 0 Å². The molecule has 1 aromatic rings. The number of aromatic nitrogens is 2. The molecule has 2 fully saturated rings. The van der Waals surface area contributed by atoms with Crippen LogP contribution in [0.5, 0.6) is 0 Å². The summed E-state index contributed by atoms with van der Waals surface area (Å²) in [7, 11) is 1.64. The highest BCUT2D eigenvalue weighted by Gasteiger charge is 2.34. The fourth-order valence-corrected chi connectivity index (χ4v) is 3.90. The van der Waals surface area contributed by atoms with Crippen LogP contribution in [-0.2, 0) is 19.9 Å². The summed E-state index contributed by atoms with van der Waals surface area (Å²) in [5, 5.41) is 4.58. The summed E-state index contributed by atoms with van der Waals surface area (Å²) < 4.78 is 7.03. The Balaban J connectivity index is 1.58. The van der Waals surface area contributed by atoms with Gasteiger partial charge < -0.3 is 14.5 Å². The van der Waals surface area contributed by atoms with E-state index in [1.807, 2.05) is 10.7 Å². The van der Waals surface area contributed by atoms with Crippen LogP contribution in [0.4, 0.5) is 0 Å². The second-order valence-corrected chi connectivity index (χ2v) is 9.38. The van der Waals surface area contributed by atoms with Gasteiger partial charge >= 0.3 is 5.97 Å². The number of esters is 1. The Morgan fingerprint density at radius 2 is 1.80 bits per heavy atom. The van der Waals surface area contributed by atoms with Gasteiger partial charge in [-0.3, -0.25) is 19.1 Å². The molecule has 1 aliphatic carbocycles. The Hall–Kier alpha value is -2.38. The lowest BCUT2D eigenvalue weighted by Gasteiger charge is -2.32. The molecule has 3 rings (SSSR count). The Kier molecular flexibility index (Phi) is 6.53. The number of rotatable bonds is 6. The number of carbonyl (C=O) groups excluding carboxylic acids is 3. The van der Waals surface area contributed by atoms with E-state index >= 15 is 0 Å². The van der Waals surface area contributed by atoms with E-state index in [0.29, 0.717) is 44.1 Å². The fourth-order valence-electron chi connectivity index (χ4n) is 3.90. The zero-order valence-electron chi connectivity index (χ0n) is 18.8. The molecule has 0 radical (unpaired) electrons. The molecule has 0 N–H and O–H groups in total. The Labute approximate surface area is 178 Å². The summed E-state index contributed by atoms with van der Waals surface area (Å²) in [6.45, 7) is 9.42. The van der Waals surface area contributed by atoms with Crippen molar-refractivity contribution < 1.29 is 19.1 Å². The van der Waals surface area contributed by atoms with Crippen LogP contribution < -0.4 is 0 Å². The first-order chi connectivity index (χ1) is 14.1. The first-order valence-electron chi connectivity index (χ1n) is 10.9. The molecule has 8 heteroatoms. The van der Waals surface area contributed by atoms with Gasteiger partial charge in [0.05, 0.1) is 24.6 Å². The third-order valence-corrected chi connectivity index (χ3v) is 5.77. The van der Waals surface area contributed by atoms with Crippen LogP contribution in [0.1, 0.15) is 75.5 Å². The van der Waals surface area contributed by atoms with Crippen molar-refractivity contribution in [2.75, 3.05) is 33.3 Å². The molecule has 1 aromatic heterocycles. The number of ether oxygens (including phenoxy) is 1. The van der Waals surface area contributed by atoms with Crippen molar-refractivity contribution in [3.05, 3.63) is 17.5 Å². The van der Waals surface area contributed by atoms with Gasteiger partial charge in [0, 0.05) is 31.7 Å². The Morgan fingerprint density at radius 1 is 1.17 bits per heavy atom. The number of hydrogen-bond acceptors (Lipinski definition) is 5. The van der Waals surface area contributed by atoms with E-state index in [4.69, 9.17) is 4.74 Å². The van der Waals surface area contributed by atoms with Crippen LogP contribution in [0.3, 0.4) is 0 Å². The third-order valence-electron chi connectivity index (χ3n) is 5.77. The molecule has 0 atom stereocenters. The van der Waals surface area contributed by atoms with Gasteiger partial charge in [-0.2, -0.15) is 5.10 Å². The molecule has 2 heterocycles. The summed E-state index contributed by atoms with van der Waals surface area (Å²) in [4.78, 5) is 40.6. The molecule has 0 unspecified atom stereocenters. The summed E-state index contributed by atoms with van der Waals surface area (Å²) in [6, 6.07) is 1.89. The zero-order chi connectivity index (χ0) is 22.1. The van der Waals surface area contributed by atoms with Crippen molar-refractivity contribution in [3.8, 4) is 0 Å². The molecule has 8 nitrogen and oxygen atoms in total. The molecular formula is C22H34N4O4. The highest BCUT2D eigenvalue weighted by Crippen LogP contribution is 2.41. The predicted molar refractivity (Wildman–Crippen MR) is 112 cm³/mol. The van der Waals surface area contributed by atoms with E-state index in [0.717, 1.165) is 18.5 Å². The number of likely N-dealkylation sites (N-methyl/N-ethyl adjacent to an activating group) is 1. The summed E-state index contributed by atoms with van der Waals surface area (Å²) in [5.74, 6) is -0.195. The molecule has 2 amide bonds. The normalized spacial score (nSPS) is 17.7. The Morgan fingerprint density at radius 3 is 2.33 bits per heavy atom. The van der Waals surface area contributed by atoms with Gasteiger partial charge in [0.2, 0.25) is 5.91 Å².